The lowest BCUT2D eigenvalue weighted by Crippen LogP contribution is -2.27. The number of hydrogen-bond acceptors (Lipinski definition) is 8. The summed E-state index contributed by atoms with van der Waals surface area (Å²) in [5.41, 5.74) is 0.575. The van der Waals surface area contributed by atoms with Gasteiger partial charge in [-0.25, -0.2) is 4.79 Å². The number of hydrogen-bond donors (Lipinski definition) is 0. The molecule has 2 aliphatic rings. The second-order valence-electron chi connectivity index (χ2n) is 6.63. The smallest absolute Gasteiger partial charge is 0.343 e. The van der Waals surface area contributed by atoms with Crippen LogP contribution in [0.2, 0.25) is 0 Å². The van der Waals surface area contributed by atoms with E-state index >= 15 is 0 Å². The van der Waals surface area contributed by atoms with Crippen LogP contribution in [0.25, 0.3) is 11.0 Å². The third-order valence-corrected chi connectivity index (χ3v) is 5.13. The molecule has 0 aliphatic carbocycles. The minimum Gasteiger partial charge on any atom is -0.493 e. The average Bonchev–Trinajstić information content (AvgIpc) is 3.21. The van der Waals surface area contributed by atoms with Gasteiger partial charge in [0.15, 0.2) is 17.2 Å². The van der Waals surface area contributed by atoms with Gasteiger partial charge in [-0.3, -0.25) is 4.79 Å². The van der Waals surface area contributed by atoms with Crippen LogP contribution in [-0.4, -0.2) is 27.0 Å². The Morgan fingerprint density at radius 1 is 1.00 bits per heavy atom. The molecule has 8 heteroatoms. The molecule has 0 fully saturated rings. The third-order valence-electron chi connectivity index (χ3n) is 5.13. The zero-order valence-corrected chi connectivity index (χ0v) is 15.6. The summed E-state index contributed by atoms with van der Waals surface area (Å²) in [5.74, 6) is 0.652. The predicted molar refractivity (Wildman–Crippen MR) is 100 cm³/mol. The molecular weight excluding hydrogens is 380 g/mol. The van der Waals surface area contributed by atoms with E-state index in [9.17, 15) is 9.59 Å². The van der Waals surface area contributed by atoms with Gasteiger partial charge < -0.3 is 28.1 Å². The Kier molecular flexibility index (Phi) is 3.87. The first kappa shape index (κ1) is 17.4. The molecular formula is C21H16O8. The lowest BCUT2D eigenvalue weighted by Gasteiger charge is -2.26. The third kappa shape index (κ3) is 2.52. The van der Waals surface area contributed by atoms with E-state index in [1.807, 2.05) is 0 Å². The number of fused-ring (bicyclic) bond motifs is 4. The maximum atomic E-state index is 12.9. The number of ether oxygens (including phenoxy) is 5. The topological polar surface area (TPSA) is 93.4 Å². The van der Waals surface area contributed by atoms with E-state index in [2.05, 4.69) is 0 Å². The molecule has 0 radical (unpaired) electrons. The number of benzene rings is 2. The van der Waals surface area contributed by atoms with Crippen molar-refractivity contribution < 1.29 is 32.9 Å². The van der Waals surface area contributed by atoms with Crippen molar-refractivity contribution in [1.82, 2.24) is 0 Å². The molecule has 0 saturated heterocycles. The van der Waals surface area contributed by atoms with Gasteiger partial charge in [-0.2, -0.15) is 0 Å². The molecule has 0 amide bonds. The maximum Gasteiger partial charge on any atom is 0.343 e. The van der Waals surface area contributed by atoms with Crippen molar-refractivity contribution in [2.24, 2.45) is 0 Å². The molecule has 29 heavy (non-hydrogen) atoms. The van der Waals surface area contributed by atoms with Gasteiger partial charge in [0.2, 0.25) is 18.3 Å². The van der Waals surface area contributed by atoms with Crippen LogP contribution in [-0.2, 0) is 4.79 Å². The van der Waals surface area contributed by atoms with Crippen LogP contribution in [0.4, 0.5) is 0 Å². The van der Waals surface area contributed by atoms with Gasteiger partial charge in [-0.05, 0) is 18.2 Å². The summed E-state index contributed by atoms with van der Waals surface area (Å²) < 4.78 is 33.0. The standard InChI is InChI=1S/C21H16O8/c1-24-14-7-12(18(25-2)20-19(14)26-9-27-20)11-8-15(22)29-17-10-5-3-4-6-13(10)28-21(23)16(11)17/h3-7,11H,8-9H2,1-2H3/t11-/m1/s1. The molecule has 3 aromatic rings. The fraction of sp³-hybridized carbons (Fsp3) is 0.238. The van der Waals surface area contributed by atoms with E-state index < -0.39 is 17.5 Å². The van der Waals surface area contributed by atoms with Crippen molar-refractivity contribution in [2.45, 2.75) is 12.3 Å². The fourth-order valence-corrected chi connectivity index (χ4v) is 3.89. The van der Waals surface area contributed by atoms with E-state index in [4.69, 9.17) is 28.1 Å². The molecule has 0 unspecified atom stereocenters. The summed E-state index contributed by atoms with van der Waals surface area (Å²) in [5, 5.41) is 0.548. The van der Waals surface area contributed by atoms with Crippen molar-refractivity contribution in [3.8, 4) is 28.7 Å². The first-order valence-electron chi connectivity index (χ1n) is 8.93. The maximum absolute atomic E-state index is 12.9. The second-order valence-corrected chi connectivity index (χ2v) is 6.63. The number of carbonyl (C=O) groups is 1. The van der Waals surface area contributed by atoms with Crippen LogP contribution in [0.15, 0.2) is 39.5 Å². The van der Waals surface area contributed by atoms with Crippen molar-refractivity contribution in [1.29, 1.82) is 0 Å². The molecule has 2 aromatic carbocycles. The highest BCUT2D eigenvalue weighted by molar-refractivity contribution is 5.90. The highest BCUT2D eigenvalue weighted by atomic mass is 16.7. The van der Waals surface area contributed by atoms with Gasteiger partial charge in [0, 0.05) is 11.5 Å². The molecule has 2 aliphatic heterocycles. The van der Waals surface area contributed by atoms with Crippen LogP contribution in [0.3, 0.4) is 0 Å². The minimum atomic E-state index is -0.662. The Morgan fingerprint density at radius 3 is 2.59 bits per heavy atom. The predicted octanol–water partition coefficient (Wildman–Crippen LogP) is 2.98. The van der Waals surface area contributed by atoms with E-state index in [-0.39, 0.29) is 24.5 Å². The molecule has 0 bridgehead atoms. The van der Waals surface area contributed by atoms with Crippen LogP contribution >= 0.6 is 0 Å². The van der Waals surface area contributed by atoms with Crippen molar-refractivity contribution in [3.63, 3.8) is 0 Å². The summed E-state index contributed by atoms with van der Waals surface area (Å²) in [4.78, 5) is 25.3. The number of rotatable bonds is 3. The zero-order valence-electron chi connectivity index (χ0n) is 15.6. The molecule has 0 saturated carbocycles. The first-order chi connectivity index (χ1) is 14.1. The van der Waals surface area contributed by atoms with E-state index in [0.29, 0.717) is 39.5 Å². The van der Waals surface area contributed by atoms with E-state index in [0.717, 1.165) is 0 Å². The Balaban J connectivity index is 1.81. The Hall–Kier alpha value is -3.68. The van der Waals surface area contributed by atoms with Gasteiger partial charge in [-0.1, -0.05) is 12.1 Å². The summed E-state index contributed by atoms with van der Waals surface area (Å²) in [6, 6.07) is 8.60. The molecule has 0 spiro atoms. The molecule has 148 valence electrons. The fourth-order valence-electron chi connectivity index (χ4n) is 3.89. The molecule has 3 heterocycles. The van der Waals surface area contributed by atoms with Crippen LogP contribution < -0.4 is 29.3 Å². The SMILES string of the molecule is COc1cc([C@H]2CC(=O)Oc3c2c(=O)oc2ccccc32)c(OC)c2c1OCO2. The first-order valence-corrected chi connectivity index (χ1v) is 8.93. The van der Waals surface area contributed by atoms with Crippen molar-refractivity contribution in [3.05, 3.63) is 51.9 Å². The van der Waals surface area contributed by atoms with E-state index in [1.54, 1.807) is 30.3 Å². The molecule has 0 N–H and O–H groups in total. The Labute approximate surface area is 164 Å². The summed E-state index contributed by atoms with van der Waals surface area (Å²) >= 11 is 0. The molecule has 1 atom stereocenters. The summed E-state index contributed by atoms with van der Waals surface area (Å²) in [6.45, 7) is 0.0155. The molecule has 5 rings (SSSR count). The largest absolute Gasteiger partial charge is 0.493 e. The van der Waals surface area contributed by atoms with Crippen molar-refractivity contribution in [2.75, 3.05) is 21.0 Å². The number of carbonyl (C=O) groups excluding carboxylic acids is 1. The number of esters is 1. The van der Waals surface area contributed by atoms with Crippen LogP contribution in [0.1, 0.15) is 23.5 Å². The lowest BCUT2D eigenvalue weighted by molar-refractivity contribution is -0.135. The quantitative estimate of drug-likeness (QED) is 0.493. The average molecular weight is 396 g/mol. The monoisotopic (exact) mass is 396 g/mol. The van der Waals surface area contributed by atoms with Gasteiger partial charge in [0.1, 0.15) is 5.58 Å². The number of methoxy groups -OCH3 is 2. The minimum absolute atomic E-state index is 0.0155. The zero-order chi connectivity index (χ0) is 20.1. The Bertz CT molecular complexity index is 1210. The lowest BCUT2D eigenvalue weighted by atomic mass is 9.85. The van der Waals surface area contributed by atoms with Crippen molar-refractivity contribution >= 4 is 16.9 Å². The van der Waals surface area contributed by atoms with Crippen LogP contribution in [0.5, 0.6) is 28.7 Å². The highest BCUT2D eigenvalue weighted by Crippen LogP contribution is 2.53. The second kappa shape index (κ2) is 6.44. The summed E-state index contributed by atoms with van der Waals surface area (Å²) in [7, 11) is 2.98. The molecule has 1 aromatic heterocycles. The molecule has 8 nitrogen and oxygen atoms in total. The number of para-hydroxylation sites is 1. The highest BCUT2D eigenvalue weighted by Gasteiger charge is 2.38. The Morgan fingerprint density at radius 2 is 1.79 bits per heavy atom. The van der Waals surface area contributed by atoms with Gasteiger partial charge in [-0.15, -0.1) is 0 Å². The van der Waals surface area contributed by atoms with Gasteiger partial charge in [0.25, 0.3) is 0 Å². The van der Waals surface area contributed by atoms with Gasteiger partial charge in [0.05, 0.1) is 31.6 Å². The normalized spacial score (nSPS) is 17.0. The summed E-state index contributed by atoms with van der Waals surface area (Å²) in [6.07, 6.45) is -0.0603. The van der Waals surface area contributed by atoms with Gasteiger partial charge >= 0.3 is 11.6 Å². The van der Waals surface area contributed by atoms with Crippen LogP contribution in [0, 0.1) is 0 Å². The van der Waals surface area contributed by atoms with E-state index in [1.165, 1.54) is 14.2 Å².